The third kappa shape index (κ3) is 8.59. The van der Waals surface area contributed by atoms with Gasteiger partial charge in [0, 0.05) is 36.6 Å². The summed E-state index contributed by atoms with van der Waals surface area (Å²) < 4.78 is 12.0. The Hall–Kier alpha value is -2.86. The highest BCUT2D eigenvalue weighted by atomic mass is 35.5. The average molecular weight is 535 g/mol. The molecule has 38 heavy (non-hydrogen) atoms. The van der Waals surface area contributed by atoms with Crippen molar-refractivity contribution in [3.63, 3.8) is 0 Å². The van der Waals surface area contributed by atoms with Gasteiger partial charge in [-0.3, -0.25) is 9.69 Å². The van der Waals surface area contributed by atoms with Gasteiger partial charge in [0.2, 0.25) is 0 Å². The molecule has 0 fully saturated rings. The van der Waals surface area contributed by atoms with Crippen molar-refractivity contribution < 1.29 is 14.3 Å². The molecule has 0 unspecified atom stereocenters. The largest absolute Gasteiger partial charge is 0.491 e. The normalized spacial score (nSPS) is 14.8. The van der Waals surface area contributed by atoms with Crippen molar-refractivity contribution in [2.75, 3.05) is 39.5 Å². The molecule has 1 aliphatic heterocycles. The summed E-state index contributed by atoms with van der Waals surface area (Å²) in [6.45, 7) is 9.61. The zero-order valence-electron chi connectivity index (χ0n) is 22.5. The number of amides is 1. The number of hydrogen-bond donors (Lipinski definition) is 1. The molecule has 3 aromatic rings. The number of rotatable bonds is 7. The number of fused-ring (bicyclic) bond motifs is 3. The van der Waals surface area contributed by atoms with Crippen molar-refractivity contribution in [3.05, 3.63) is 99.6 Å². The fourth-order valence-corrected chi connectivity index (χ4v) is 4.88. The minimum atomic E-state index is -0.0999. The van der Waals surface area contributed by atoms with Gasteiger partial charge in [0.15, 0.2) is 0 Å². The lowest BCUT2D eigenvalue weighted by atomic mass is 9.99. The lowest BCUT2D eigenvalue weighted by molar-refractivity contribution is 0.0764. The third-order valence-corrected chi connectivity index (χ3v) is 7.18. The topological polar surface area (TPSA) is 50.8 Å². The van der Waals surface area contributed by atoms with Crippen molar-refractivity contribution in [2.45, 2.75) is 39.7 Å². The number of nitrogens with zero attached hydrogens (tertiary/aromatic N) is 1. The zero-order valence-corrected chi connectivity index (χ0v) is 23.3. The number of ether oxygens (including phenoxy) is 2. The molecule has 0 atom stereocenters. The molecule has 0 radical (unpaired) electrons. The zero-order chi connectivity index (χ0) is 26.7. The van der Waals surface area contributed by atoms with Crippen molar-refractivity contribution in [2.24, 2.45) is 5.92 Å². The highest BCUT2D eigenvalue weighted by molar-refractivity contribution is 6.31. The number of halogens is 1. The van der Waals surface area contributed by atoms with E-state index in [4.69, 9.17) is 21.1 Å². The van der Waals surface area contributed by atoms with Crippen molar-refractivity contribution >= 4 is 17.5 Å². The Morgan fingerprint density at radius 2 is 1.84 bits per heavy atom. The second kappa shape index (κ2) is 14.3. The van der Waals surface area contributed by atoms with E-state index < -0.39 is 0 Å². The van der Waals surface area contributed by atoms with E-state index in [1.165, 1.54) is 17.5 Å². The first-order valence-electron chi connectivity index (χ1n) is 13.6. The summed E-state index contributed by atoms with van der Waals surface area (Å²) in [6.07, 6.45) is 2.54. The summed E-state index contributed by atoms with van der Waals surface area (Å²) in [7, 11) is 0. The monoisotopic (exact) mass is 534 g/mol. The van der Waals surface area contributed by atoms with Crippen LogP contribution >= 0.6 is 11.6 Å². The van der Waals surface area contributed by atoms with Crippen LogP contribution in [0.3, 0.4) is 0 Å². The first-order chi connectivity index (χ1) is 18.5. The van der Waals surface area contributed by atoms with Crippen LogP contribution in [0.1, 0.15) is 52.9 Å². The summed E-state index contributed by atoms with van der Waals surface area (Å²) >= 11 is 6.26. The van der Waals surface area contributed by atoms with Gasteiger partial charge in [-0.2, -0.15) is 0 Å². The summed E-state index contributed by atoms with van der Waals surface area (Å²) in [5.74, 6) is 1.36. The van der Waals surface area contributed by atoms with E-state index in [1.54, 1.807) is 0 Å². The second-order valence-electron chi connectivity index (χ2n) is 10.3. The van der Waals surface area contributed by atoms with Crippen LogP contribution in [-0.4, -0.2) is 50.3 Å². The molecule has 0 spiro atoms. The number of hydrogen-bond acceptors (Lipinski definition) is 4. The maximum Gasteiger partial charge on any atom is 0.251 e. The second-order valence-corrected chi connectivity index (χ2v) is 10.7. The van der Waals surface area contributed by atoms with Crippen LogP contribution in [0.25, 0.3) is 0 Å². The number of nitrogens with one attached hydrogen (secondary N) is 1. The molecule has 0 saturated carbocycles. The predicted molar refractivity (Wildman–Crippen MR) is 154 cm³/mol. The average Bonchev–Trinajstić information content (AvgIpc) is 2.90. The molecule has 6 heteroatoms. The van der Waals surface area contributed by atoms with E-state index >= 15 is 0 Å². The lowest BCUT2D eigenvalue weighted by Gasteiger charge is -2.24. The quantitative estimate of drug-likeness (QED) is 0.394. The Morgan fingerprint density at radius 3 is 2.68 bits per heavy atom. The van der Waals surface area contributed by atoms with Crippen molar-refractivity contribution in [3.8, 4) is 5.75 Å². The van der Waals surface area contributed by atoms with E-state index in [0.717, 1.165) is 41.5 Å². The summed E-state index contributed by atoms with van der Waals surface area (Å²) in [6, 6.07) is 22.2. The van der Waals surface area contributed by atoms with E-state index in [1.807, 2.05) is 42.5 Å². The summed E-state index contributed by atoms with van der Waals surface area (Å²) in [5, 5.41) is 3.75. The Labute approximate surface area is 232 Å². The Balaban J connectivity index is 1.48. The highest BCUT2D eigenvalue weighted by Gasteiger charge is 2.14. The Morgan fingerprint density at radius 1 is 1.00 bits per heavy atom. The molecule has 1 aliphatic rings. The van der Waals surface area contributed by atoms with Gasteiger partial charge in [0.05, 0.1) is 13.2 Å². The fraction of sp³-hybridized carbons (Fsp3) is 0.406. The SMILES string of the molecule is CC(C)CCN1CCOCCOc2ccc(C(=O)NCCc3ccccc3Cl)cc2Cc2cccc(c2)C1. The van der Waals surface area contributed by atoms with Crippen LogP contribution in [0, 0.1) is 5.92 Å². The van der Waals surface area contributed by atoms with E-state index in [2.05, 4.69) is 48.3 Å². The minimum Gasteiger partial charge on any atom is -0.491 e. The van der Waals surface area contributed by atoms with Crippen LogP contribution in [0.4, 0.5) is 0 Å². The van der Waals surface area contributed by atoms with Crippen LogP contribution in [0.15, 0.2) is 66.7 Å². The predicted octanol–water partition coefficient (Wildman–Crippen LogP) is 6.16. The van der Waals surface area contributed by atoms with Gasteiger partial charge < -0.3 is 14.8 Å². The maximum atomic E-state index is 13.0. The molecular weight excluding hydrogens is 496 g/mol. The van der Waals surface area contributed by atoms with Gasteiger partial charge in [-0.1, -0.05) is 67.9 Å². The molecule has 2 bridgehead atoms. The van der Waals surface area contributed by atoms with Crippen molar-refractivity contribution in [1.82, 2.24) is 10.2 Å². The highest BCUT2D eigenvalue weighted by Crippen LogP contribution is 2.25. The third-order valence-electron chi connectivity index (χ3n) is 6.81. The molecule has 1 heterocycles. The molecule has 0 aliphatic carbocycles. The standard InChI is InChI=1S/C32H39ClN2O3/c1-24(2)13-15-35-16-17-37-18-19-38-31-11-10-28(22-29(31)21-25-6-5-7-26(20-25)23-35)32(36)34-14-12-27-8-3-4-9-30(27)33/h3-11,20,22,24H,12-19,21,23H2,1-2H3,(H,34,36). The lowest BCUT2D eigenvalue weighted by Crippen LogP contribution is -2.29. The van der Waals surface area contributed by atoms with Gasteiger partial charge >= 0.3 is 0 Å². The molecule has 0 saturated heterocycles. The molecule has 1 N–H and O–H groups in total. The first-order valence-corrected chi connectivity index (χ1v) is 14.0. The molecule has 5 nitrogen and oxygen atoms in total. The molecule has 0 aromatic heterocycles. The van der Waals surface area contributed by atoms with E-state index in [9.17, 15) is 4.79 Å². The van der Waals surface area contributed by atoms with Gasteiger partial charge in [-0.15, -0.1) is 0 Å². The number of carbonyl (C=O) groups excluding carboxylic acids is 1. The molecule has 4 rings (SSSR count). The fourth-order valence-electron chi connectivity index (χ4n) is 4.65. The molecule has 1 amide bonds. The Bertz CT molecular complexity index is 1200. The van der Waals surface area contributed by atoms with Gasteiger partial charge in [-0.05, 0) is 71.8 Å². The van der Waals surface area contributed by atoms with Crippen LogP contribution in [-0.2, 0) is 24.1 Å². The number of carbonyl (C=O) groups is 1. The van der Waals surface area contributed by atoms with Crippen molar-refractivity contribution in [1.29, 1.82) is 0 Å². The Kier molecular flexibility index (Phi) is 10.6. The molecule has 3 aromatic carbocycles. The van der Waals surface area contributed by atoms with E-state index in [-0.39, 0.29) is 5.91 Å². The smallest absolute Gasteiger partial charge is 0.251 e. The van der Waals surface area contributed by atoms with Crippen LogP contribution in [0.5, 0.6) is 5.75 Å². The number of benzene rings is 3. The van der Waals surface area contributed by atoms with Crippen LogP contribution < -0.4 is 10.1 Å². The summed E-state index contributed by atoms with van der Waals surface area (Å²) in [4.78, 5) is 15.5. The van der Waals surface area contributed by atoms with Gasteiger partial charge in [-0.25, -0.2) is 0 Å². The van der Waals surface area contributed by atoms with E-state index in [0.29, 0.717) is 50.7 Å². The first kappa shape index (κ1) is 28.2. The van der Waals surface area contributed by atoms with Gasteiger partial charge in [0.25, 0.3) is 5.91 Å². The van der Waals surface area contributed by atoms with Crippen LogP contribution in [0.2, 0.25) is 5.02 Å². The summed E-state index contributed by atoms with van der Waals surface area (Å²) in [5.41, 5.74) is 5.14. The minimum absolute atomic E-state index is 0.0999. The molecule has 202 valence electrons. The maximum absolute atomic E-state index is 13.0. The molecular formula is C32H39ClN2O3. The van der Waals surface area contributed by atoms with Gasteiger partial charge in [0.1, 0.15) is 12.4 Å².